The third-order valence-corrected chi connectivity index (χ3v) is 4.53. The predicted octanol–water partition coefficient (Wildman–Crippen LogP) is 4.24. The molecule has 0 spiro atoms. The number of carbonyl (C=O) groups excluding carboxylic acids is 1. The van der Waals surface area contributed by atoms with Crippen molar-refractivity contribution in [1.82, 2.24) is 4.98 Å². The number of ether oxygens (including phenoxy) is 1. The van der Waals surface area contributed by atoms with E-state index in [9.17, 15) is 9.18 Å². The first-order chi connectivity index (χ1) is 12.6. The number of carbonyl (C=O) groups is 1. The van der Waals surface area contributed by atoms with E-state index in [2.05, 4.69) is 16.0 Å². The average Bonchev–Trinajstić information content (AvgIpc) is 2.67. The van der Waals surface area contributed by atoms with Gasteiger partial charge in [-0.1, -0.05) is 12.1 Å². The van der Waals surface area contributed by atoms with Gasteiger partial charge in [-0.3, -0.25) is 9.78 Å². The van der Waals surface area contributed by atoms with E-state index in [4.69, 9.17) is 4.74 Å². The van der Waals surface area contributed by atoms with Gasteiger partial charge < -0.3 is 9.64 Å². The third kappa shape index (κ3) is 3.38. The minimum Gasteiger partial charge on any atom is -0.494 e. The van der Waals surface area contributed by atoms with Crippen LogP contribution in [-0.2, 0) is 6.42 Å². The molecule has 0 saturated carbocycles. The lowest BCUT2D eigenvalue weighted by molar-refractivity contribution is 0.112. The van der Waals surface area contributed by atoms with E-state index in [0.29, 0.717) is 23.3 Å². The van der Waals surface area contributed by atoms with Crippen LogP contribution < -0.4 is 9.64 Å². The number of rotatable bonds is 6. The number of aldehydes is 1. The molecular formula is C21H21FN2O2. The second-order valence-corrected chi connectivity index (χ2v) is 6.19. The van der Waals surface area contributed by atoms with E-state index in [0.717, 1.165) is 35.0 Å². The molecule has 0 aliphatic rings. The topological polar surface area (TPSA) is 42.4 Å². The largest absolute Gasteiger partial charge is 0.494 e. The number of fused-ring (bicyclic) bond motifs is 1. The van der Waals surface area contributed by atoms with Crippen LogP contribution in [0.5, 0.6) is 5.75 Å². The van der Waals surface area contributed by atoms with E-state index in [1.54, 1.807) is 25.4 Å². The summed E-state index contributed by atoms with van der Waals surface area (Å²) < 4.78 is 18.5. The van der Waals surface area contributed by atoms with Crippen molar-refractivity contribution in [2.75, 3.05) is 25.6 Å². The molecule has 0 saturated heterocycles. The highest BCUT2D eigenvalue weighted by Crippen LogP contribution is 2.35. The zero-order valence-electron chi connectivity index (χ0n) is 15.1. The van der Waals surface area contributed by atoms with Crippen LogP contribution in [0.3, 0.4) is 0 Å². The number of pyridine rings is 1. The molecule has 5 heteroatoms. The Hall–Kier alpha value is -2.95. The SMILES string of the molecule is CCN(C)c1cc(C=O)c(OC)c2ncc(Cc3ccc(F)cc3)cc12. The molecule has 0 aliphatic carbocycles. The maximum atomic E-state index is 13.1. The van der Waals surface area contributed by atoms with Gasteiger partial charge in [0.1, 0.15) is 11.3 Å². The van der Waals surface area contributed by atoms with Crippen molar-refractivity contribution >= 4 is 22.9 Å². The van der Waals surface area contributed by atoms with Crippen LogP contribution in [0.1, 0.15) is 28.4 Å². The third-order valence-electron chi connectivity index (χ3n) is 4.53. The Morgan fingerprint density at radius 2 is 1.92 bits per heavy atom. The molecule has 0 atom stereocenters. The van der Waals surface area contributed by atoms with Crippen molar-refractivity contribution in [1.29, 1.82) is 0 Å². The molecule has 0 radical (unpaired) electrons. The molecule has 1 aromatic heterocycles. The highest BCUT2D eigenvalue weighted by Gasteiger charge is 2.16. The van der Waals surface area contributed by atoms with Crippen LogP contribution in [0.15, 0.2) is 42.6 Å². The first-order valence-electron chi connectivity index (χ1n) is 8.47. The van der Waals surface area contributed by atoms with Crippen molar-refractivity contribution in [2.24, 2.45) is 0 Å². The van der Waals surface area contributed by atoms with Crippen LogP contribution in [0.4, 0.5) is 10.1 Å². The molecule has 3 aromatic rings. The van der Waals surface area contributed by atoms with Gasteiger partial charge in [0.25, 0.3) is 0 Å². The number of hydrogen-bond acceptors (Lipinski definition) is 4. The Morgan fingerprint density at radius 3 is 2.54 bits per heavy atom. The fourth-order valence-corrected chi connectivity index (χ4v) is 3.03. The molecule has 0 amide bonds. The summed E-state index contributed by atoms with van der Waals surface area (Å²) in [6, 6.07) is 10.4. The van der Waals surface area contributed by atoms with Crippen molar-refractivity contribution in [3.05, 3.63) is 65.1 Å². The number of methoxy groups -OCH3 is 1. The van der Waals surface area contributed by atoms with E-state index in [1.165, 1.54) is 12.1 Å². The normalized spacial score (nSPS) is 10.8. The second kappa shape index (κ2) is 7.52. The van der Waals surface area contributed by atoms with Gasteiger partial charge in [0, 0.05) is 30.9 Å². The summed E-state index contributed by atoms with van der Waals surface area (Å²) in [6.45, 7) is 2.84. The van der Waals surface area contributed by atoms with Crippen LogP contribution in [0.2, 0.25) is 0 Å². The van der Waals surface area contributed by atoms with Crippen LogP contribution in [0.25, 0.3) is 10.9 Å². The van der Waals surface area contributed by atoms with Gasteiger partial charge in [0.05, 0.1) is 12.7 Å². The van der Waals surface area contributed by atoms with Crippen LogP contribution in [-0.4, -0.2) is 32.0 Å². The molecule has 26 heavy (non-hydrogen) atoms. The van der Waals surface area contributed by atoms with Crippen LogP contribution >= 0.6 is 0 Å². The van der Waals surface area contributed by atoms with Gasteiger partial charge in [-0.15, -0.1) is 0 Å². The Balaban J connectivity index is 2.14. The number of hydrogen-bond donors (Lipinski definition) is 0. The predicted molar refractivity (Wildman–Crippen MR) is 102 cm³/mol. The number of aromatic nitrogens is 1. The maximum Gasteiger partial charge on any atom is 0.155 e. The second-order valence-electron chi connectivity index (χ2n) is 6.19. The Kier molecular flexibility index (Phi) is 5.16. The molecule has 0 unspecified atom stereocenters. The number of halogens is 1. The van der Waals surface area contributed by atoms with Crippen LogP contribution in [0, 0.1) is 5.82 Å². The van der Waals surface area contributed by atoms with Gasteiger partial charge in [-0.2, -0.15) is 0 Å². The summed E-state index contributed by atoms with van der Waals surface area (Å²) in [5, 5.41) is 0.927. The first-order valence-corrected chi connectivity index (χ1v) is 8.47. The minimum atomic E-state index is -0.247. The van der Waals surface area contributed by atoms with Crippen molar-refractivity contribution in [2.45, 2.75) is 13.3 Å². The molecule has 4 nitrogen and oxygen atoms in total. The van der Waals surface area contributed by atoms with Gasteiger partial charge in [0.2, 0.25) is 0 Å². The smallest absolute Gasteiger partial charge is 0.155 e. The van der Waals surface area contributed by atoms with Gasteiger partial charge in [0.15, 0.2) is 12.0 Å². The summed E-state index contributed by atoms with van der Waals surface area (Å²) in [6.07, 6.45) is 3.22. The Bertz CT molecular complexity index is 939. The quantitative estimate of drug-likeness (QED) is 0.622. The van der Waals surface area contributed by atoms with Crippen molar-refractivity contribution in [3.8, 4) is 5.75 Å². The number of benzene rings is 2. The van der Waals surface area contributed by atoms with Crippen molar-refractivity contribution < 1.29 is 13.9 Å². The highest BCUT2D eigenvalue weighted by atomic mass is 19.1. The lowest BCUT2D eigenvalue weighted by atomic mass is 10.0. The summed E-state index contributed by atoms with van der Waals surface area (Å²) in [5.74, 6) is 0.236. The van der Waals surface area contributed by atoms with Gasteiger partial charge in [-0.25, -0.2) is 4.39 Å². The lowest BCUT2D eigenvalue weighted by Crippen LogP contribution is -2.17. The van der Waals surface area contributed by atoms with E-state index in [1.807, 2.05) is 20.0 Å². The molecule has 3 rings (SSSR count). The summed E-state index contributed by atoms with van der Waals surface area (Å²) in [4.78, 5) is 18.1. The molecule has 0 fully saturated rings. The summed E-state index contributed by atoms with van der Waals surface area (Å²) >= 11 is 0. The Morgan fingerprint density at radius 1 is 1.19 bits per heavy atom. The highest BCUT2D eigenvalue weighted by molar-refractivity contribution is 6.02. The molecule has 0 bridgehead atoms. The molecule has 2 aromatic carbocycles. The number of nitrogens with zero attached hydrogens (tertiary/aromatic N) is 2. The molecule has 0 N–H and O–H groups in total. The van der Waals surface area contributed by atoms with Gasteiger partial charge >= 0.3 is 0 Å². The molecule has 134 valence electrons. The molecule has 0 aliphatic heterocycles. The molecular weight excluding hydrogens is 331 g/mol. The lowest BCUT2D eigenvalue weighted by Gasteiger charge is -2.21. The average molecular weight is 352 g/mol. The standard InChI is InChI=1S/C21H21FN2O2/c1-4-24(2)19-11-16(13-25)21(26-3)20-18(19)10-15(12-23-20)9-14-5-7-17(22)8-6-14/h5-8,10-13H,4,9H2,1-3H3. The number of anilines is 1. The minimum absolute atomic E-state index is 0.247. The Labute approximate surface area is 152 Å². The first kappa shape index (κ1) is 17.9. The van der Waals surface area contributed by atoms with E-state index >= 15 is 0 Å². The van der Waals surface area contributed by atoms with E-state index in [-0.39, 0.29) is 5.82 Å². The fourth-order valence-electron chi connectivity index (χ4n) is 3.03. The fraction of sp³-hybridized carbons (Fsp3) is 0.238. The monoisotopic (exact) mass is 352 g/mol. The van der Waals surface area contributed by atoms with E-state index < -0.39 is 0 Å². The van der Waals surface area contributed by atoms with Gasteiger partial charge in [-0.05, 0) is 48.7 Å². The maximum absolute atomic E-state index is 13.1. The summed E-state index contributed by atoms with van der Waals surface area (Å²) in [5.41, 5.74) is 4.09. The molecule has 1 heterocycles. The summed E-state index contributed by atoms with van der Waals surface area (Å²) in [7, 11) is 3.52. The zero-order chi connectivity index (χ0) is 18.7. The zero-order valence-corrected chi connectivity index (χ0v) is 15.1. The van der Waals surface area contributed by atoms with Crippen molar-refractivity contribution in [3.63, 3.8) is 0 Å².